The summed E-state index contributed by atoms with van der Waals surface area (Å²) in [6.45, 7) is 3.63. The van der Waals surface area contributed by atoms with E-state index in [1.165, 1.54) is 0 Å². The van der Waals surface area contributed by atoms with E-state index in [-0.39, 0.29) is 6.61 Å². The van der Waals surface area contributed by atoms with Gasteiger partial charge in [0.2, 0.25) is 5.91 Å². The summed E-state index contributed by atoms with van der Waals surface area (Å²) in [5.41, 5.74) is 4.51. The standard InChI is InChI=1S/C11H13Cl2NO2/c1-11(2,10(14)15)6-16-7-3-4-8(12)9(13)5-7/h3-5H,6H2,1-2H3,(H2,14,15). The molecule has 0 aliphatic rings. The minimum Gasteiger partial charge on any atom is -0.492 e. The van der Waals surface area contributed by atoms with E-state index < -0.39 is 11.3 Å². The fourth-order valence-corrected chi connectivity index (χ4v) is 1.19. The summed E-state index contributed by atoms with van der Waals surface area (Å²) in [4.78, 5) is 11.1. The van der Waals surface area contributed by atoms with Crippen LogP contribution in [0.15, 0.2) is 18.2 Å². The molecular formula is C11H13Cl2NO2. The van der Waals surface area contributed by atoms with Gasteiger partial charge in [0.25, 0.3) is 0 Å². The van der Waals surface area contributed by atoms with E-state index in [9.17, 15) is 4.79 Å². The molecule has 3 nitrogen and oxygen atoms in total. The van der Waals surface area contributed by atoms with Crippen molar-refractivity contribution in [3.05, 3.63) is 28.2 Å². The Balaban J connectivity index is 2.68. The monoisotopic (exact) mass is 261 g/mol. The zero-order valence-corrected chi connectivity index (χ0v) is 10.6. The molecule has 0 atom stereocenters. The molecule has 0 aromatic heterocycles. The van der Waals surface area contributed by atoms with Crippen molar-refractivity contribution in [3.63, 3.8) is 0 Å². The Bertz CT molecular complexity index is 405. The van der Waals surface area contributed by atoms with Crippen LogP contribution in [-0.2, 0) is 4.79 Å². The lowest BCUT2D eigenvalue weighted by atomic mass is 9.94. The normalized spacial score (nSPS) is 11.2. The first kappa shape index (κ1) is 13.1. The molecule has 1 aromatic rings. The predicted molar refractivity (Wildman–Crippen MR) is 64.9 cm³/mol. The molecule has 1 aromatic carbocycles. The minimum absolute atomic E-state index is 0.195. The van der Waals surface area contributed by atoms with Crippen LogP contribution in [0.25, 0.3) is 0 Å². The molecule has 0 saturated heterocycles. The maximum atomic E-state index is 11.1. The second-order valence-electron chi connectivity index (χ2n) is 4.11. The molecule has 0 unspecified atom stereocenters. The highest BCUT2D eigenvalue weighted by Crippen LogP contribution is 2.27. The van der Waals surface area contributed by atoms with Crippen molar-refractivity contribution in [2.45, 2.75) is 13.8 Å². The molecule has 0 aliphatic heterocycles. The summed E-state index contributed by atoms with van der Waals surface area (Å²) < 4.78 is 5.42. The summed E-state index contributed by atoms with van der Waals surface area (Å²) in [5.74, 6) is 0.149. The molecule has 2 N–H and O–H groups in total. The van der Waals surface area contributed by atoms with Gasteiger partial charge < -0.3 is 10.5 Å². The summed E-state index contributed by atoms with van der Waals surface area (Å²) in [7, 11) is 0. The van der Waals surface area contributed by atoms with Crippen molar-refractivity contribution in [3.8, 4) is 5.75 Å². The third kappa shape index (κ3) is 3.29. The van der Waals surface area contributed by atoms with Crippen molar-refractivity contribution in [2.24, 2.45) is 11.1 Å². The van der Waals surface area contributed by atoms with Crippen LogP contribution in [0.2, 0.25) is 10.0 Å². The van der Waals surface area contributed by atoms with Crippen LogP contribution in [0.4, 0.5) is 0 Å². The Hall–Kier alpha value is -0.930. The highest BCUT2D eigenvalue weighted by Gasteiger charge is 2.25. The van der Waals surface area contributed by atoms with Gasteiger partial charge in [-0.05, 0) is 26.0 Å². The molecular weight excluding hydrogens is 249 g/mol. The van der Waals surface area contributed by atoms with Crippen molar-refractivity contribution >= 4 is 29.1 Å². The number of primary amides is 1. The van der Waals surface area contributed by atoms with Gasteiger partial charge in [0.1, 0.15) is 12.4 Å². The molecule has 0 spiro atoms. The van der Waals surface area contributed by atoms with E-state index in [1.54, 1.807) is 32.0 Å². The molecule has 0 aliphatic carbocycles. The van der Waals surface area contributed by atoms with Crippen LogP contribution < -0.4 is 10.5 Å². The lowest BCUT2D eigenvalue weighted by molar-refractivity contribution is -0.127. The number of nitrogens with two attached hydrogens (primary N) is 1. The van der Waals surface area contributed by atoms with Crippen LogP contribution in [0, 0.1) is 5.41 Å². The molecule has 1 rings (SSSR count). The summed E-state index contributed by atoms with van der Waals surface area (Å²) >= 11 is 11.6. The maximum absolute atomic E-state index is 11.1. The third-order valence-corrected chi connectivity index (χ3v) is 2.90. The number of hydrogen-bond donors (Lipinski definition) is 1. The molecule has 0 radical (unpaired) electrons. The van der Waals surface area contributed by atoms with Crippen LogP contribution in [0.1, 0.15) is 13.8 Å². The lowest BCUT2D eigenvalue weighted by Gasteiger charge is -2.20. The van der Waals surface area contributed by atoms with Gasteiger partial charge in [-0.25, -0.2) is 0 Å². The SMILES string of the molecule is CC(C)(COc1ccc(Cl)c(Cl)c1)C(N)=O. The molecule has 0 saturated carbocycles. The van der Waals surface area contributed by atoms with Gasteiger partial charge in [-0.15, -0.1) is 0 Å². The molecule has 0 bridgehead atoms. The Morgan fingerprint density at radius 1 is 1.38 bits per heavy atom. The average molecular weight is 262 g/mol. The van der Waals surface area contributed by atoms with Gasteiger partial charge in [0.05, 0.1) is 15.5 Å². The fourth-order valence-electron chi connectivity index (χ4n) is 0.902. The summed E-state index contributed by atoms with van der Waals surface area (Å²) in [6, 6.07) is 4.92. The van der Waals surface area contributed by atoms with E-state index in [1.807, 2.05) is 0 Å². The smallest absolute Gasteiger partial charge is 0.226 e. The minimum atomic E-state index is -0.716. The van der Waals surface area contributed by atoms with Crippen molar-refractivity contribution in [1.29, 1.82) is 0 Å². The summed E-state index contributed by atoms with van der Waals surface area (Å²) in [5, 5.41) is 0.874. The van der Waals surface area contributed by atoms with Crippen molar-refractivity contribution in [2.75, 3.05) is 6.61 Å². The van der Waals surface area contributed by atoms with E-state index in [0.717, 1.165) is 0 Å². The van der Waals surface area contributed by atoms with Gasteiger partial charge >= 0.3 is 0 Å². The largest absolute Gasteiger partial charge is 0.492 e. The quantitative estimate of drug-likeness (QED) is 0.906. The molecule has 5 heteroatoms. The first-order chi connectivity index (χ1) is 7.33. The van der Waals surface area contributed by atoms with Crippen LogP contribution in [0.3, 0.4) is 0 Å². The number of hydrogen-bond acceptors (Lipinski definition) is 2. The van der Waals surface area contributed by atoms with E-state index in [4.69, 9.17) is 33.7 Å². The predicted octanol–water partition coefficient (Wildman–Crippen LogP) is 2.88. The second kappa shape index (κ2) is 4.93. The Kier molecular flexibility index (Phi) is 4.05. The number of benzene rings is 1. The number of ether oxygens (including phenoxy) is 1. The summed E-state index contributed by atoms with van der Waals surface area (Å²) in [6.07, 6.45) is 0. The third-order valence-electron chi connectivity index (χ3n) is 2.16. The maximum Gasteiger partial charge on any atom is 0.226 e. The van der Waals surface area contributed by atoms with Crippen LogP contribution >= 0.6 is 23.2 Å². The number of rotatable bonds is 4. The van der Waals surface area contributed by atoms with E-state index in [0.29, 0.717) is 15.8 Å². The lowest BCUT2D eigenvalue weighted by Crippen LogP contribution is -2.36. The number of halogens is 2. The molecule has 0 fully saturated rings. The molecule has 0 heterocycles. The number of carbonyl (C=O) groups is 1. The van der Waals surface area contributed by atoms with Gasteiger partial charge in [-0.1, -0.05) is 23.2 Å². The molecule has 88 valence electrons. The Morgan fingerprint density at radius 2 is 2.00 bits per heavy atom. The second-order valence-corrected chi connectivity index (χ2v) is 4.93. The van der Waals surface area contributed by atoms with Crippen LogP contribution in [0.5, 0.6) is 5.75 Å². The zero-order valence-electron chi connectivity index (χ0n) is 9.09. The zero-order chi connectivity index (χ0) is 12.3. The van der Waals surface area contributed by atoms with Crippen LogP contribution in [-0.4, -0.2) is 12.5 Å². The molecule has 1 amide bonds. The van der Waals surface area contributed by atoms with Gasteiger partial charge in [0.15, 0.2) is 0 Å². The Labute approximate surface area is 104 Å². The molecule has 16 heavy (non-hydrogen) atoms. The van der Waals surface area contributed by atoms with Gasteiger partial charge in [-0.3, -0.25) is 4.79 Å². The number of amides is 1. The highest BCUT2D eigenvalue weighted by molar-refractivity contribution is 6.42. The highest BCUT2D eigenvalue weighted by atomic mass is 35.5. The fraction of sp³-hybridized carbons (Fsp3) is 0.364. The van der Waals surface area contributed by atoms with Crippen molar-refractivity contribution < 1.29 is 9.53 Å². The van der Waals surface area contributed by atoms with E-state index >= 15 is 0 Å². The van der Waals surface area contributed by atoms with E-state index in [2.05, 4.69) is 0 Å². The van der Waals surface area contributed by atoms with Gasteiger partial charge in [-0.2, -0.15) is 0 Å². The van der Waals surface area contributed by atoms with Crippen molar-refractivity contribution in [1.82, 2.24) is 0 Å². The Morgan fingerprint density at radius 3 is 2.50 bits per heavy atom. The topological polar surface area (TPSA) is 52.3 Å². The number of carbonyl (C=O) groups excluding carboxylic acids is 1. The van der Waals surface area contributed by atoms with Gasteiger partial charge in [0, 0.05) is 6.07 Å². The first-order valence-corrected chi connectivity index (χ1v) is 5.46. The first-order valence-electron chi connectivity index (χ1n) is 4.71. The average Bonchev–Trinajstić information content (AvgIpc) is 2.20.